The summed E-state index contributed by atoms with van der Waals surface area (Å²) in [5, 5.41) is 16.5. The Morgan fingerprint density at radius 3 is 2.60 bits per heavy atom. The maximum atomic E-state index is 14.9. The molecule has 45 heavy (non-hydrogen) atoms. The summed E-state index contributed by atoms with van der Waals surface area (Å²) >= 11 is 5.84. The van der Waals surface area contributed by atoms with E-state index in [9.17, 15) is 27.9 Å². The van der Waals surface area contributed by atoms with Gasteiger partial charge in [0, 0.05) is 29.8 Å². The van der Waals surface area contributed by atoms with Crippen LogP contribution in [-0.2, 0) is 16.9 Å². The molecule has 1 aromatic carbocycles. The molecule has 7 rings (SSSR count). The monoisotopic (exact) mass is 638 g/mol. The van der Waals surface area contributed by atoms with Gasteiger partial charge in [0.1, 0.15) is 5.54 Å². The molecule has 0 spiro atoms. The van der Waals surface area contributed by atoms with Gasteiger partial charge in [-0.2, -0.15) is 5.10 Å². The van der Waals surface area contributed by atoms with Crippen LogP contribution in [0, 0.1) is 24.6 Å². The zero-order valence-electron chi connectivity index (χ0n) is 23.8. The van der Waals surface area contributed by atoms with Crippen molar-refractivity contribution in [3.8, 4) is 11.3 Å². The van der Waals surface area contributed by atoms with Crippen molar-refractivity contribution in [1.29, 1.82) is 0 Å². The molecule has 0 radical (unpaired) electrons. The first-order valence-electron chi connectivity index (χ1n) is 14.4. The van der Waals surface area contributed by atoms with Gasteiger partial charge < -0.3 is 10.4 Å². The maximum absolute atomic E-state index is 14.9. The molecule has 0 bridgehead atoms. The van der Waals surface area contributed by atoms with E-state index in [4.69, 9.17) is 16.6 Å². The third kappa shape index (κ3) is 4.83. The standard InChI is InChI=1S/C30H26ClF3N8O3/c1-14-27(41-11-15-2-3-17(15)29(41)45)36-10-22(38-14)30(6-7-30)42-12-16(8-37-42)39-28(44)25-21(13-43)35-9-20(40-25)23-18(26(33)34)4-5-19(31)24(23)32/h4-5,8-10,12,15,17,26,43H,2-3,6-7,11,13H2,1H3,(H,39,44)/t15-,17-/m1/s1. The van der Waals surface area contributed by atoms with E-state index in [2.05, 4.69) is 25.4 Å². The Bertz CT molecular complexity index is 1860. The van der Waals surface area contributed by atoms with Crippen molar-refractivity contribution in [3.63, 3.8) is 0 Å². The molecule has 1 saturated heterocycles. The Kier molecular flexibility index (Phi) is 7.08. The summed E-state index contributed by atoms with van der Waals surface area (Å²) in [6, 6.07) is 1.98. The number of aliphatic hydroxyl groups is 1. The third-order valence-electron chi connectivity index (χ3n) is 8.91. The van der Waals surface area contributed by atoms with Crippen LogP contribution in [0.25, 0.3) is 11.3 Å². The topological polar surface area (TPSA) is 139 Å². The number of alkyl halides is 2. The van der Waals surface area contributed by atoms with E-state index < -0.39 is 46.4 Å². The van der Waals surface area contributed by atoms with Crippen LogP contribution in [0.3, 0.4) is 0 Å². The number of amides is 2. The SMILES string of the molecule is Cc1nc(C2(n3cc(NC(=O)c4nc(-c5c(C(F)F)ccc(Cl)c5F)cnc4CO)cn3)CC2)cnc1N1C[C@H]2CC[C@H]2C1=O. The summed E-state index contributed by atoms with van der Waals surface area (Å²) in [4.78, 5) is 45.3. The average molecular weight is 639 g/mol. The summed E-state index contributed by atoms with van der Waals surface area (Å²) in [6.45, 7) is 1.81. The molecule has 4 aromatic rings. The highest BCUT2D eigenvalue weighted by molar-refractivity contribution is 6.31. The van der Waals surface area contributed by atoms with Gasteiger partial charge in [0.15, 0.2) is 17.3 Å². The lowest BCUT2D eigenvalue weighted by atomic mass is 9.76. The third-order valence-corrected chi connectivity index (χ3v) is 9.20. The van der Waals surface area contributed by atoms with Crippen LogP contribution < -0.4 is 10.2 Å². The average Bonchev–Trinajstić information content (AvgIpc) is 3.63. The number of anilines is 2. The highest BCUT2D eigenvalue weighted by atomic mass is 35.5. The van der Waals surface area contributed by atoms with E-state index in [-0.39, 0.29) is 34.6 Å². The van der Waals surface area contributed by atoms with Crippen molar-refractivity contribution < 1.29 is 27.9 Å². The number of carbonyl (C=O) groups excluding carboxylic acids is 2. The number of hydrogen-bond donors (Lipinski definition) is 2. The number of nitrogens with one attached hydrogen (secondary N) is 1. The van der Waals surface area contributed by atoms with Gasteiger partial charge in [-0.15, -0.1) is 0 Å². The van der Waals surface area contributed by atoms with Gasteiger partial charge in [-0.05, 0) is 44.6 Å². The van der Waals surface area contributed by atoms with Crippen LogP contribution in [-0.4, -0.2) is 53.2 Å². The van der Waals surface area contributed by atoms with Gasteiger partial charge in [-0.25, -0.2) is 23.1 Å². The van der Waals surface area contributed by atoms with E-state index in [1.165, 1.54) is 6.20 Å². The number of hydrogen-bond acceptors (Lipinski definition) is 8. The first kappa shape index (κ1) is 29.3. The molecule has 0 unspecified atom stereocenters. The molecule has 3 fully saturated rings. The molecule has 11 nitrogen and oxygen atoms in total. The number of fused-ring (bicyclic) bond motifs is 1. The van der Waals surface area contributed by atoms with Gasteiger partial charge in [0.25, 0.3) is 12.3 Å². The molecule has 3 aliphatic rings. The molecule has 232 valence electrons. The van der Waals surface area contributed by atoms with Crippen LogP contribution in [0.1, 0.15) is 65.2 Å². The first-order valence-corrected chi connectivity index (χ1v) is 14.7. The van der Waals surface area contributed by atoms with Crippen LogP contribution >= 0.6 is 11.6 Å². The number of benzene rings is 1. The number of rotatable bonds is 8. The molecule has 2 amide bonds. The molecule has 2 aliphatic carbocycles. The second-order valence-electron chi connectivity index (χ2n) is 11.6. The Balaban J connectivity index is 1.13. The fourth-order valence-corrected chi connectivity index (χ4v) is 6.32. The lowest BCUT2D eigenvalue weighted by Crippen LogP contribution is -2.30. The van der Waals surface area contributed by atoms with Crippen molar-refractivity contribution in [2.45, 2.75) is 51.2 Å². The van der Waals surface area contributed by atoms with Gasteiger partial charge in [-0.1, -0.05) is 17.7 Å². The predicted molar refractivity (Wildman–Crippen MR) is 155 cm³/mol. The normalized spacial score (nSPS) is 19.9. The van der Waals surface area contributed by atoms with Gasteiger partial charge >= 0.3 is 0 Å². The lowest BCUT2D eigenvalue weighted by Gasteiger charge is -2.25. The predicted octanol–water partition coefficient (Wildman–Crippen LogP) is 4.82. The number of aryl methyl sites for hydroxylation is 1. The Morgan fingerprint density at radius 2 is 1.98 bits per heavy atom. The second-order valence-corrected chi connectivity index (χ2v) is 12.0. The van der Waals surface area contributed by atoms with Gasteiger partial charge in [0.05, 0.1) is 58.7 Å². The van der Waals surface area contributed by atoms with E-state index in [1.807, 2.05) is 6.92 Å². The van der Waals surface area contributed by atoms with Crippen LogP contribution in [0.5, 0.6) is 0 Å². The maximum Gasteiger partial charge on any atom is 0.276 e. The number of halogens is 4. The molecule has 2 saturated carbocycles. The largest absolute Gasteiger partial charge is 0.390 e. The molecule has 3 aromatic heterocycles. The quantitative estimate of drug-likeness (QED) is 0.280. The highest BCUT2D eigenvalue weighted by Gasteiger charge is 2.50. The molecular weight excluding hydrogens is 613 g/mol. The second kappa shape index (κ2) is 10.9. The van der Waals surface area contributed by atoms with Crippen LogP contribution in [0.2, 0.25) is 5.02 Å². The van der Waals surface area contributed by atoms with Crippen LogP contribution in [0.4, 0.5) is 24.7 Å². The summed E-state index contributed by atoms with van der Waals surface area (Å²) < 4.78 is 43.9. The molecule has 4 heterocycles. The fraction of sp³-hybridized carbons (Fsp3) is 0.367. The molecule has 1 aliphatic heterocycles. The number of nitrogens with zero attached hydrogens (tertiary/aromatic N) is 7. The van der Waals surface area contributed by atoms with Crippen molar-refractivity contribution in [3.05, 3.63) is 76.1 Å². The Labute approximate surface area is 259 Å². The molecular formula is C30H26ClF3N8O3. The minimum absolute atomic E-state index is 0.0911. The van der Waals surface area contributed by atoms with E-state index in [0.717, 1.165) is 44.0 Å². The summed E-state index contributed by atoms with van der Waals surface area (Å²) in [5.41, 5.74) is -1.10. The van der Waals surface area contributed by atoms with Crippen molar-refractivity contribution in [2.24, 2.45) is 11.8 Å². The zero-order valence-corrected chi connectivity index (χ0v) is 24.6. The van der Waals surface area contributed by atoms with Gasteiger partial charge in [-0.3, -0.25) is 29.1 Å². The zero-order chi connectivity index (χ0) is 31.6. The van der Waals surface area contributed by atoms with Gasteiger partial charge in [0.2, 0.25) is 5.91 Å². The summed E-state index contributed by atoms with van der Waals surface area (Å²) in [5.74, 6) is -0.786. The smallest absolute Gasteiger partial charge is 0.276 e. The Hall–Kier alpha value is -4.43. The number of aliphatic hydroxyl groups excluding tert-OH is 1. The van der Waals surface area contributed by atoms with Crippen molar-refractivity contribution in [1.82, 2.24) is 29.7 Å². The molecule has 2 N–H and O–H groups in total. The fourth-order valence-electron chi connectivity index (χ4n) is 6.17. The van der Waals surface area contributed by atoms with Crippen molar-refractivity contribution in [2.75, 3.05) is 16.8 Å². The Morgan fingerprint density at radius 1 is 1.18 bits per heavy atom. The van der Waals surface area contributed by atoms with E-state index in [1.54, 1.807) is 22.0 Å². The molecule has 15 heteroatoms. The lowest BCUT2D eigenvalue weighted by molar-refractivity contribution is -0.123. The van der Waals surface area contributed by atoms with Crippen LogP contribution in [0.15, 0.2) is 36.9 Å². The minimum Gasteiger partial charge on any atom is -0.390 e. The molecule has 2 atom stereocenters. The van der Waals surface area contributed by atoms with E-state index >= 15 is 0 Å². The number of carbonyl (C=O) groups is 2. The first-order chi connectivity index (χ1) is 21.6. The minimum atomic E-state index is -3.05. The van der Waals surface area contributed by atoms with E-state index in [0.29, 0.717) is 29.7 Å². The highest BCUT2D eigenvalue weighted by Crippen LogP contribution is 2.49. The summed E-state index contributed by atoms with van der Waals surface area (Å²) in [7, 11) is 0. The number of aromatic nitrogens is 6. The van der Waals surface area contributed by atoms with Crippen molar-refractivity contribution >= 4 is 34.9 Å². The summed E-state index contributed by atoms with van der Waals surface area (Å²) in [6.07, 6.45) is 6.07.